The highest BCUT2D eigenvalue weighted by Gasteiger charge is 2.12. The maximum Gasteiger partial charge on any atom is 0.238 e. The molecule has 0 atom stereocenters. The van der Waals surface area contributed by atoms with E-state index in [2.05, 4.69) is 25.6 Å². The smallest absolute Gasteiger partial charge is 0.238 e. The number of hydrogen-bond acceptors (Lipinski definition) is 4. The van der Waals surface area contributed by atoms with Crippen LogP contribution in [0.15, 0.2) is 47.1 Å². The van der Waals surface area contributed by atoms with E-state index in [1.807, 2.05) is 12.1 Å². The predicted octanol–water partition coefficient (Wildman–Crippen LogP) is 2.24. The molecule has 2 aromatic rings. The van der Waals surface area contributed by atoms with Crippen LogP contribution in [-0.2, 0) is 22.3 Å². The van der Waals surface area contributed by atoms with E-state index in [0.717, 1.165) is 10.0 Å². The van der Waals surface area contributed by atoms with Gasteiger partial charge in [-0.05, 0) is 39.2 Å². The zero-order valence-electron chi connectivity index (χ0n) is 10.6. The average molecular weight is 356 g/mol. The van der Waals surface area contributed by atoms with Crippen molar-refractivity contribution in [1.82, 2.24) is 4.98 Å². The fraction of sp³-hybridized carbons (Fsp3) is 0.154. The number of rotatable bonds is 5. The molecule has 3 N–H and O–H groups in total. The van der Waals surface area contributed by atoms with Crippen LogP contribution in [0.25, 0.3) is 0 Å². The molecule has 5 nitrogen and oxygen atoms in total. The van der Waals surface area contributed by atoms with Gasteiger partial charge in [-0.2, -0.15) is 0 Å². The number of nitrogens with one attached hydrogen (secondary N) is 1. The molecule has 0 amide bonds. The van der Waals surface area contributed by atoms with Crippen molar-refractivity contribution in [3.8, 4) is 0 Å². The van der Waals surface area contributed by atoms with Crippen molar-refractivity contribution in [2.45, 2.75) is 12.3 Å². The van der Waals surface area contributed by atoms with E-state index < -0.39 is 10.0 Å². The fourth-order valence-corrected chi connectivity index (χ4v) is 3.00. The van der Waals surface area contributed by atoms with Gasteiger partial charge in [-0.25, -0.2) is 13.4 Å². The van der Waals surface area contributed by atoms with E-state index in [-0.39, 0.29) is 5.75 Å². The second-order valence-electron chi connectivity index (χ2n) is 4.24. The summed E-state index contributed by atoms with van der Waals surface area (Å²) in [5, 5.41) is 0. The Hall–Kier alpha value is -1.44. The quantitative estimate of drug-likeness (QED) is 0.861. The van der Waals surface area contributed by atoms with Crippen LogP contribution >= 0.6 is 15.9 Å². The maximum absolute atomic E-state index is 12.0. The molecule has 0 radical (unpaired) electrons. The van der Waals surface area contributed by atoms with Gasteiger partial charge in [0.05, 0.1) is 5.75 Å². The number of hydrogen-bond donors (Lipinski definition) is 2. The lowest BCUT2D eigenvalue weighted by molar-refractivity contribution is 0.600. The zero-order chi connectivity index (χ0) is 14.6. The van der Waals surface area contributed by atoms with Crippen LogP contribution < -0.4 is 10.5 Å². The summed E-state index contributed by atoms with van der Waals surface area (Å²) in [5.74, 6) is 0.196. The highest BCUT2D eigenvalue weighted by Crippen LogP contribution is 2.14. The van der Waals surface area contributed by atoms with Crippen molar-refractivity contribution >= 4 is 31.8 Å². The van der Waals surface area contributed by atoms with Crippen molar-refractivity contribution in [3.05, 3.63) is 58.2 Å². The Morgan fingerprint density at radius 2 is 1.75 bits per heavy atom. The van der Waals surface area contributed by atoms with Crippen LogP contribution in [0, 0.1) is 0 Å². The van der Waals surface area contributed by atoms with Gasteiger partial charge >= 0.3 is 0 Å². The van der Waals surface area contributed by atoms with Crippen LogP contribution in [0.3, 0.4) is 0 Å². The van der Waals surface area contributed by atoms with Crippen molar-refractivity contribution in [1.29, 1.82) is 0 Å². The SMILES string of the molecule is NCc1ccc(CS(=O)(=O)Nc2ccc(Br)cn2)cc1. The summed E-state index contributed by atoms with van der Waals surface area (Å²) in [4.78, 5) is 3.98. The van der Waals surface area contributed by atoms with E-state index in [1.165, 1.54) is 6.20 Å². The standard InChI is InChI=1S/C13H14BrN3O2S/c14-12-5-6-13(16-8-12)17-20(18,19)9-11-3-1-10(7-15)2-4-11/h1-6,8H,7,9,15H2,(H,16,17). The van der Waals surface area contributed by atoms with Gasteiger partial charge in [0, 0.05) is 17.2 Å². The van der Waals surface area contributed by atoms with Gasteiger partial charge in [-0.1, -0.05) is 24.3 Å². The number of pyridine rings is 1. The molecule has 0 fully saturated rings. The Balaban J connectivity index is 2.08. The number of anilines is 1. The van der Waals surface area contributed by atoms with Crippen molar-refractivity contribution in [3.63, 3.8) is 0 Å². The molecule has 106 valence electrons. The first-order valence-corrected chi connectivity index (χ1v) is 8.33. The highest BCUT2D eigenvalue weighted by atomic mass is 79.9. The van der Waals surface area contributed by atoms with Crippen LogP contribution in [0.2, 0.25) is 0 Å². The number of halogens is 1. The second-order valence-corrected chi connectivity index (χ2v) is 6.88. The topological polar surface area (TPSA) is 85.1 Å². The van der Waals surface area contributed by atoms with E-state index in [4.69, 9.17) is 5.73 Å². The Morgan fingerprint density at radius 1 is 1.10 bits per heavy atom. The second kappa shape index (κ2) is 6.34. The molecule has 0 saturated heterocycles. The molecule has 2 rings (SSSR count). The normalized spacial score (nSPS) is 11.3. The molecule has 1 aromatic carbocycles. The molecule has 0 bridgehead atoms. The minimum Gasteiger partial charge on any atom is -0.326 e. The first kappa shape index (κ1) is 15.0. The molecule has 1 heterocycles. The molecule has 1 aromatic heterocycles. The third-order valence-corrected chi connectivity index (χ3v) is 4.31. The van der Waals surface area contributed by atoms with Crippen LogP contribution in [-0.4, -0.2) is 13.4 Å². The molecule has 0 saturated carbocycles. The van der Waals surface area contributed by atoms with Crippen LogP contribution in [0.5, 0.6) is 0 Å². The van der Waals surface area contributed by atoms with Gasteiger partial charge in [0.15, 0.2) is 0 Å². The van der Waals surface area contributed by atoms with E-state index in [0.29, 0.717) is 17.9 Å². The summed E-state index contributed by atoms with van der Waals surface area (Å²) in [6.07, 6.45) is 1.54. The summed E-state index contributed by atoms with van der Waals surface area (Å²) >= 11 is 3.24. The van der Waals surface area contributed by atoms with Gasteiger partial charge < -0.3 is 5.73 Å². The molecule has 0 aliphatic heterocycles. The Morgan fingerprint density at radius 3 is 2.30 bits per heavy atom. The molecule has 7 heteroatoms. The van der Waals surface area contributed by atoms with Crippen molar-refractivity contribution < 1.29 is 8.42 Å². The first-order valence-electron chi connectivity index (χ1n) is 5.88. The number of nitrogens with zero attached hydrogens (tertiary/aromatic N) is 1. The monoisotopic (exact) mass is 355 g/mol. The fourth-order valence-electron chi connectivity index (χ4n) is 1.62. The van der Waals surface area contributed by atoms with Crippen molar-refractivity contribution in [2.75, 3.05) is 4.72 Å². The predicted molar refractivity (Wildman–Crippen MR) is 82.5 cm³/mol. The third kappa shape index (κ3) is 4.29. The Bertz CT molecular complexity index is 670. The Kier molecular flexibility index (Phi) is 4.74. The molecular formula is C13H14BrN3O2S. The van der Waals surface area contributed by atoms with Crippen LogP contribution in [0.1, 0.15) is 11.1 Å². The van der Waals surface area contributed by atoms with Gasteiger partial charge in [0.25, 0.3) is 0 Å². The summed E-state index contributed by atoms with van der Waals surface area (Å²) < 4.78 is 27.3. The van der Waals surface area contributed by atoms with Gasteiger partial charge in [-0.3, -0.25) is 4.72 Å². The summed E-state index contributed by atoms with van der Waals surface area (Å²) in [6, 6.07) is 10.5. The van der Waals surface area contributed by atoms with E-state index in [1.54, 1.807) is 24.3 Å². The molecule has 20 heavy (non-hydrogen) atoms. The van der Waals surface area contributed by atoms with Gasteiger partial charge in [0.1, 0.15) is 5.82 Å². The number of nitrogens with two attached hydrogens (primary N) is 1. The summed E-state index contributed by atoms with van der Waals surface area (Å²) in [7, 11) is -3.48. The molecule has 0 aliphatic rings. The van der Waals surface area contributed by atoms with Gasteiger partial charge in [-0.15, -0.1) is 0 Å². The third-order valence-electron chi connectivity index (χ3n) is 2.60. The largest absolute Gasteiger partial charge is 0.326 e. The van der Waals surface area contributed by atoms with Crippen LogP contribution in [0.4, 0.5) is 5.82 Å². The van der Waals surface area contributed by atoms with Crippen molar-refractivity contribution in [2.24, 2.45) is 5.73 Å². The number of sulfonamides is 1. The van der Waals surface area contributed by atoms with E-state index >= 15 is 0 Å². The molecule has 0 aliphatic carbocycles. The first-order chi connectivity index (χ1) is 9.48. The summed E-state index contributed by atoms with van der Waals surface area (Å²) in [6.45, 7) is 0.439. The highest BCUT2D eigenvalue weighted by molar-refractivity contribution is 9.10. The average Bonchev–Trinajstić information content (AvgIpc) is 2.41. The molecule has 0 unspecified atom stereocenters. The molecule has 0 spiro atoms. The van der Waals surface area contributed by atoms with Gasteiger partial charge in [0.2, 0.25) is 10.0 Å². The number of aromatic nitrogens is 1. The minimum atomic E-state index is -3.48. The lowest BCUT2D eigenvalue weighted by Gasteiger charge is -2.07. The minimum absolute atomic E-state index is 0.102. The van der Waals surface area contributed by atoms with E-state index in [9.17, 15) is 8.42 Å². The number of benzene rings is 1. The summed E-state index contributed by atoms with van der Waals surface area (Å²) in [5.41, 5.74) is 7.17. The maximum atomic E-state index is 12.0. The zero-order valence-corrected chi connectivity index (χ0v) is 13.0. The lowest BCUT2D eigenvalue weighted by Crippen LogP contribution is -2.15. The molecular weight excluding hydrogens is 342 g/mol. The Labute approximate surface area is 126 Å². The lowest BCUT2D eigenvalue weighted by atomic mass is 10.1.